The Bertz CT molecular complexity index is 619. The molecule has 1 aliphatic rings. The van der Waals surface area contributed by atoms with Gasteiger partial charge in [-0.1, -0.05) is 0 Å². The van der Waals surface area contributed by atoms with Crippen molar-refractivity contribution in [3.8, 4) is 0 Å². The van der Waals surface area contributed by atoms with E-state index in [0.29, 0.717) is 4.67 Å². The third-order valence-corrected chi connectivity index (χ3v) is 3.60. The standard InChI is InChI=1S/C12H13BrN4O2/c1-7(11-16-15-10-3-2-6-17(10)11)14-12(18)8-4-5-9(13)19-8/h4-5,7H,2-3,6H2,1H3,(H,14,18)/t7-/m1/s1. The van der Waals surface area contributed by atoms with Gasteiger partial charge in [-0.25, -0.2) is 0 Å². The third kappa shape index (κ3) is 2.30. The fraction of sp³-hybridized carbons (Fsp3) is 0.417. The summed E-state index contributed by atoms with van der Waals surface area (Å²) in [5, 5.41) is 11.1. The van der Waals surface area contributed by atoms with Crippen molar-refractivity contribution in [2.75, 3.05) is 0 Å². The molecule has 0 aromatic carbocycles. The predicted octanol–water partition coefficient (Wildman–Crippen LogP) is 2.07. The van der Waals surface area contributed by atoms with Crippen LogP contribution < -0.4 is 5.32 Å². The average Bonchev–Trinajstić information content (AvgIpc) is 3.02. The maximum absolute atomic E-state index is 12.0. The van der Waals surface area contributed by atoms with Crippen LogP contribution in [-0.4, -0.2) is 20.7 Å². The molecule has 0 saturated carbocycles. The Morgan fingerprint density at radius 2 is 2.37 bits per heavy atom. The van der Waals surface area contributed by atoms with Crippen molar-refractivity contribution in [2.24, 2.45) is 0 Å². The third-order valence-electron chi connectivity index (χ3n) is 3.17. The van der Waals surface area contributed by atoms with E-state index in [1.54, 1.807) is 12.1 Å². The fourth-order valence-corrected chi connectivity index (χ4v) is 2.57. The van der Waals surface area contributed by atoms with E-state index in [2.05, 4.69) is 36.0 Å². The molecule has 19 heavy (non-hydrogen) atoms. The lowest BCUT2D eigenvalue weighted by Crippen LogP contribution is -2.28. The van der Waals surface area contributed by atoms with Gasteiger partial charge in [0.25, 0.3) is 5.91 Å². The van der Waals surface area contributed by atoms with Gasteiger partial charge >= 0.3 is 0 Å². The van der Waals surface area contributed by atoms with E-state index in [1.807, 2.05) is 6.92 Å². The monoisotopic (exact) mass is 324 g/mol. The molecule has 6 nitrogen and oxygen atoms in total. The first-order valence-corrected chi connectivity index (χ1v) is 6.92. The van der Waals surface area contributed by atoms with E-state index in [9.17, 15) is 4.79 Å². The second kappa shape index (κ2) is 4.80. The van der Waals surface area contributed by atoms with Crippen LogP contribution in [-0.2, 0) is 13.0 Å². The number of aryl methyl sites for hydroxylation is 1. The van der Waals surface area contributed by atoms with Crippen molar-refractivity contribution >= 4 is 21.8 Å². The van der Waals surface area contributed by atoms with E-state index in [-0.39, 0.29) is 17.7 Å². The van der Waals surface area contributed by atoms with Crippen LogP contribution in [0, 0.1) is 0 Å². The molecule has 1 amide bonds. The lowest BCUT2D eigenvalue weighted by molar-refractivity contribution is 0.0908. The number of furan rings is 1. The summed E-state index contributed by atoms with van der Waals surface area (Å²) < 4.78 is 7.83. The number of carbonyl (C=O) groups excluding carboxylic acids is 1. The summed E-state index contributed by atoms with van der Waals surface area (Å²) in [7, 11) is 0. The second-order valence-electron chi connectivity index (χ2n) is 4.53. The largest absolute Gasteiger partial charge is 0.444 e. The van der Waals surface area contributed by atoms with E-state index < -0.39 is 0 Å². The first-order chi connectivity index (χ1) is 9.15. The summed E-state index contributed by atoms with van der Waals surface area (Å²) in [5.41, 5.74) is 0. The highest BCUT2D eigenvalue weighted by Gasteiger charge is 2.23. The van der Waals surface area contributed by atoms with Gasteiger partial charge in [-0.2, -0.15) is 0 Å². The maximum atomic E-state index is 12.0. The number of fused-ring (bicyclic) bond motifs is 1. The van der Waals surface area contributed by atoms with Gasteiger partial charge in [-0.15, -0.1) is 10.2 Å². The van der Waals surface area contributed by atoms with E-state index in [1.165, 1.54) is 0 Å². The molecule has 0 bridgehead atoms. The zero-order chi connectivity index (χ0) is 13.4. The first kappa shape index (κ1) is 12.4. The van der Waals surface area contributed by atoms with Crippen molar-refractivity contribution in [3.63, 3.8) is 0 Å². The van der Waals surface area contributed by atoms with Gasteiger partial charge in [0.15, 0.2) is 16.3 Å². The Balaban J connectivity index is 1.74. The predicted molar refractivity (Wildman–Crippen MR) is 70.6 cm³/mol. The van der Waals surface area contributed by atoms with Gasteiger partial charge in [0.05, 0.1) is 6.04 Å². The Hall–Kier alpha value is -1.63. The minimum Gasteiger partial charge on any atom is -0.444 e. The molecule has 0 spiro atoms. The van der Waals surface area contributed by atoms with Gasteiger partial charge in [0.2, 0.25) is 0 Å². The van der Waals surface area contributed by atoms with Gasteiger partial charge in [0, 0.05) is 13.0 Å². The molecule has 0 unspecified atom stereocenters. The van der Waals surface area contributed by atoms with Crippen LogP contribution in [0.2, 0.25) is 0 Å². The molecule has 1 atom stereocenters. The van der Waals surface area contributed by atoms with Crippen molar-refractivity contribution in [3.05, 3.63) is 34.2 Å². The highest BCUT2D eigenvalue weighted by molar-refractivity contribution is 9.10. The van der Waals surface area contributed by atoms with Gasteiger partial charge in [-0.3, -0.25) is 4.79 Å². The Morgan fingerprint density at radius 3 is 3.11 bits per heavy atom. The van der Waals surface area contributed by atoms with Crippen LogP contribution in [0.15, 0.2) is 21.2 Å². The lowest BCUT2D eigenvalue weighted by atomic mass is 10.3. The molecule has 0 aliphatic carbocycles. The highest BCUT2D eigenvalue weighted by Crippen LogP contribution is 2.20. The summed E-state index contributed by atoms with van der Waals surface area (Å²) in [4.78, 5) is 12.0. The number of carbonyl (C=O) groups is 1. The number of halogens is 1. The lowest BCUT2D eigenvalue weighted by Gasteiger charge is -2.12. The van der Waals surface area contributed by atoms with Gasteiger partial charge in [0.1, 0.15) is 5.82 Å². The topological polar surface area (TPSA) is 73.0 Å². The van der Waals surface area contributed by atoms with E-state index in [0.717, 1.165) is 31.0 Å². The molecule has 3 heterocycles. The molecule has 100 valence electrons. The second-order valence-corrected chi connectivity index (χ2v) is 5.31. The molecule has 3 rings (SSSR count). The average molecular weight is 325 g/mol. The Morgan fingerprint density at radius 1 is 1.53 bits per heavy atom. The molecule has 2 aromatic heterocycles. The van der Waals surface area contributed by atoms with Crippen LogP contribution in [0.3, 0.4) is 0 Å². The van der Waals surface area contributed by atoms with E-state index >= 15 is 0 Å². The quantitative estimate of drug-likeness (QED) is 0.938. The maximum Gasteiger partial charge on any atom is 0.287 e. The molecule has 0 radical (unpaired) electrons. The summed E-state index contributed by atoms with van der Waals surface area (Å²) in [6.07, 6.45) is 2.04. The van der Waals surface area contributed by atoms with Crippen LogP contribution in [0.5, 0.6) is 0 Å². The van der Waals surface area contributed by atoms with Crippen molar-refractivity contribution in [2.45, 2.75) is 32.4 Å². The number of nitrogens with zero attached hydrogens (tertiary/aromatic N) is 3. The number of hydrogen-bond donors (Lipinski definition) is 1. The Kier molecular flexibility index (Phi) is 3.14. The van der Waals surface area contributed by atoms with Crippen molar-refractivity contribution in [1.29, 1.82) is 0 Å². The molecule has 0 fully saturated rings. The molecule has 7 heteroatoms. The van der Waals surface area contributed by atoms with Crippen LogP contribution in [0.4, 0.5) is 0 Å². The van der Waals surface area contributed by atoms with Crippen molar-refractivity contribution < 1.29 is 9.21 Å². The number of rotatable bonds is 3. The first-order valence-electron chi connectivity index (χ1n) is 6.13. The SMILES string of the molecule is C[C@@H](NC(=O)c1ccc(Br)o1)c1nnc2n1CCC2. The summed E-state index contributed by atoms with van der Waals surface area (Å²) >= 11 is 3.17. The number of amides is 1. The van der Waals surface area contributed by atoms with Gasteiger partial charge in [-0.05, 0) is 41.4 Å². The smallest absolute Gasteiger partial charge is 0.287 e. The molecular weight excluding hydrogens is 312 g/mol. The fourth-order valence-electron chi connectivity index (χ4n) is 2.26. The number of aromatic nitrogens is 3. The van der Waals surface area contributed by atoms with E-state index in [4.69, 9.17) is 4.42 Å². The van der Waals surface area contributed by atoms with Crippen molar-refractivity contribution in [1.82, 2.24) is 20.1 Å². The number of nitrogens with one attached hydrogen (secondary N) is 1. The summed E-state index contributed by atoms with van der Waals surface area (Å²) in [5.74, 6) is 1.82. The van der Waals surface area contributed by atoms with Crippen LogP contribution >= 0.6 is 15.9 Å². The van der Waals surface area contributed by atoms with Crippen LogP contribution in [0.25, 0.3) is 0 Å². The zero-order valence-corrected chi connectivity index (χ0v) is 12.0. The minimum atomic E-state index is -0.256. The molecule has 2 aromatic rings. The molecular formula is C12H13BrN4O2. The molecule has 1 N–H and O–H groups in total. The van der Waals surface area contributed by atoms with Gasteiger partial charge < -0.3 is 14.3 Å². The normalized spacial score (nSPS) is 15.3. The zero-order valence-electron chi connectivity index (χ0n) is 10.4. The summed E-state index contributed by atoms with van der Waals surface area (Å²) in [6.45, 7) is 2.82. The highest BCUT2D eigenvalue weighted by atomic mass is 79.9. The Labute approximate surface area is 118 Å². The van der Waals surface area contributed by atoms with Crippen LogP contribution in [0.1, 0.15) is 41.6 Å². The summed E-state index contributed by atoms with van der Waals surface area (Å²) in [6, 6.07) is 3.12. The number of hydrogen-bond acceptors (Lipinski definition) is 4. The molecule has 1 aliphatic heterocycles. The molecule has 0 saturated heterocycles. The minimum absolute atomic E-state index is 0.198.